The molecule has 5 nitrogen and oxygen atoms in total. The summed E-state index contributed by atoms with van der Waals surface area (Å²) < 4.78 is 0. The van der Waals surface area contributed by atoms with Gasteiger partial charge in [0.15, 0.2) is 0 Å². The first-order valence-electron chi connectivity index (χ1n) is 10.0. The zero-order chi connectivity index (χ0) is 20.4. The van der Waals surface area contributed by atoms with E-state index in [0.717, 1.165) is 50.1 Å². The maximum atomic E-state index is 12.1. The molecule has 1 amide bonds. The van der Waals surface area contributed by atoms with Crippen LogP contribution < -0.4 is 10.2 Å². The molecule has 1 heterocycles. The van der Waals surface area contributed by atoms with Crippen LogP contribution in [0.15, 0.2) is 36.4 Å². The number of halogens is 2. The number of piperazine rings is 1. The van der Waals surface area contributed by atoms with E-state index in [1.54, 1.807) is 11.0 Å². The van der Waals surface area contributed by atoms with Crippen molar-refractivity contribution in [3.05, 3.63) is 63.1 Å². The lowest BCUT2D eigenvalue weighted by atomic mass is 10.0. The van der Waals surface area contributed by atoms with E-state index in [0.29, 0.717) is 23.0 Å². The van der Waals surface area contributed by atoms with Crippen LogP contribution in [0.25, 0.3) is 0 Å². The largest absolute Gasteiger partial charge is 0.465 e. The number of nitrogens with zero attached hydrogens (tertiary/aromatic N) is 2. The van der Waals surface area contributed by atoms with E-state index in [4.69, 9.17) is 23.2 Å². The second-order valence-corrected chi connectivity index (χ2v) is 8.55. The number of hydrogen-bond acceptors (Lipinski definition) is 3. The molecule has 0 bridgehead atoms. The summed E-state index contributed by atoms with van der Waals surface area (Å²) in [6.45, 7) is 4.31. The van der Waals surface area contributed by atoms with Gasteiger partial charge in [-0.05, 0) is 66.3 Å². The van der Waals surface area contributed by atoms with Crippen molar-refractivity contribution in [3.63, 3.8) is 0 Å². The van der Waals surface area contributed by atoms with Gasteiger partial charge in [-0.3, -0.25) is 0 Å². The van der Waals surface area contributed by atoms with Crippen LogP contribution >= 0.6 is 23.2 Å². The third kappa shape index (κ3) is 4.63. The number of anilines is 1. The van der Waals surface area contributed by atoms with Gasteiger partial charge in [-0.25, -0.2) is 4.79 Å². The van der Waals surface area contributed by atoms with E-state index in [2.05, 4.69) is 28.4 Å². The van der Waals surface area contributed by atoms with Crippen LogP contribution in [-0.2, 0) is 12.8 Å². The predicted molar refractivity (Wildman–Crippen MR) is 117 cm³/mol. The fourth-order valence-corrected chi connectivity index (χ4v) is 4.97. The number of rotatable bonds is 5. The van der Waals surface area contributed by atoms with Crippen molar-refractivity contribution in [2.75, 3.05) is 37.6 Å². The Balaban J connectivity index is 1.54. The molecular weight excluding hydrogens is 409 g/mol. The molecule has 1 atom stereocenters. The molecule has 7 heteroatoms. The zero-order valence-electron chi connectivity index (χ0n) is 16.2. The first-order valence-corrected chi connectivity index (χ1v) is 10.8. The van der Waals surface area contributed by atoms with Gasteiger partial charge in [0.05, 0.1) is 6.04 Å². The number of hydrogen-bond donors (Lipinski definition) is 2. The average molecular weight is 434 g/mol. The van der Waals surface area contributed by atoms with Gasteiger partial charge in [-0.1, -0.05) is 29.3 Å². The molecule has 1 fully saturated rings. The number of carbonyl (C=O) groups is 1. The Labute approximate surface area is 181 Å². The van der Waals surface area contributed by atoms with Crippen LogP contribution in [-0.4, -0.2) is 48.8 Å². The number of fused-ring (bicyclic) bond motifs is 1. The van der Waals surface area contributed by atoms with Gasteiger partial charge in [0, 0.05) is 48.5 Å². The van der Waals surface area contributed by atoms with Crippen LogP contribution in [0.4, 0.5) is 10.5 Å². The van der Waals surface area contributed by atoms with Gasteiger partial charge < -0.3 is 20.2 Å². The van der Waals surface area contributed by atoms with Crippen molar-refractivity contribution in [1.29, 1.82) is 0 Å². The lowest BCUT2D eigenvalue weighted by Crippen LogP contribution is -2.43. The standard InChI is InChI=1S/C22H25Cl2N3O2/c23-17-11-15(12-18(24)13-17)5-8-27(22(28)29)21-4-2-16-1-3-19(14-20(16)21)26-9-6-25-7-10-26/h1,3,11-14,21,25H,2,4-10H2,(H,28,29). The Hall–Kier alpha value is -1.95. The third-order valence-corrected chi connectivity index (χ3v) is 6.28. The number of benzene rings is 2. The summed E-state index contributed by atoms with van der Waals surface area (Å²) >= 11 is 12.2. The molecule has 2 N–H and O–H groups in total. The molecule has 154 valence electrons. The molecule has 0 saturated carbocycles. The maximum absolute atomic E-state index is 12.1. The van der Waals surface area contributed by atoms with Crippen LogP contribution in [0.3, 0.4) is 0 Å². The van der Waals surface area contributed by atoms with Crippen molar-refractivity contribution in [1.82, 2.24) is 10.2 Å². The first-order chi connectivity index (χ1) is 14.0. The van der Waals surface area contributed by atoms with Crippen LogP contribution in [0.5, 0.6) is 0 Å². The minimum atomic E-state index is -0.886. The first kappa shape index (κ1) is 20.3. The second-order valence-electron chi connectivity index (χ2n) is 7.68. The maximum Gasteiger partial charge on any atom is 0.407 e. The summed E-state index contributed by atoms with van der Waals surface area (Å²) in [5.41, 5.74) is 4.53. The van der Waals surface area contributed by atoms with Crippen molar-refractivity contribution in [3.8, 4) is 0 Å². The van der Waals surface area contributed by atoms with Crippen LogP contribution in [0.1, 0.15) is 29.2 Å². The van der Waals surface area contributed by atoms with Crippen molar-refractivity contribution in [2.45, 2.75) is 25.3 Å². The molecule has 4 rings (SSSR count). The molecule has 0 spiro atoms. The topological polar surface area (TPSA) is 55.8 Å². The molecule has 0 aromatic heterocycles. The molecule has 1 unspecified atom stereocenters. The van der Waals surface area contributed by atoms with Gasteiger partial charge >= 0.3 is 6.09 Å². The molecule has 0 radical (unpaired) electrons. The molecule has 1 aliphatic carbocycles. The molecule has 1 saturated heterocycles. The molecule has 29 heavy (non-hydrogen) atoms. The highest BCUT2D eigenvalue weighted by Crippen LogP contribution is 2.38. The Morgan fingerprint density at radius 2 is 1.86 bits per heavy atom. The van der Waals surface area contributed by atoms with Crippen molar-refractivity contribution >= 4 is 35.0 Å². The SMILES string of the molecule is O=C(O)N(CCc1cc(Cl)cc(Cl)c1)C1CCc2ccc(N3CCNCC3)cc21. The van der Waals surface area contributed by atoms with Gasteiger partial charge in [0.25, 0.3) is 0 Å². The van der Waals surface area contributed by atoms with Crippen molar-refractivity contribution < 1.29 is 9.90 Å². The number of aryl methyl sites for hydroxylation is 1. The van der Waals surface area contributed by atoms with E-state index in [9.17, 15) is 9.90 Å². The highest BCUT2D eigenvalue weighted by Gasteiger charge is 2.31. The smallest absolute Gasteiger partial charge is 0.407 e. The van der Waals surface area contributed by atoms with Crippen molar-refractivity contribution in [2.24, 2.45) is 0 Å². The van der Waals surface area contributed by atoms with Gasteiger partial charge in [0.1, 0.15) is 0 Å². The molecule has 2 aromatic rings. The van der Waals surface area contributed by atoms with E-state index >= 15 is 0 Å². The summed E-state index contributed by atoms with van der Waals surface area (Å²) in [6.07, 6.45) is 1.43. The normalized spacial score (nSPS) is 18.6. The minimum absolute atomic E-state index is 0.111. The Morgan fingerprint density at radius 1 is 1.14 bits per heavy atom. The fraction of sp³-hybridized carbons (Fsp3) is 0.409. The second kappa shape index (κ2) is 8.82. The summed E-state index contributed by atoms with van der Waals surface area (Å²) in [6, 6.07) is 11.8. The lowest BCUT2D eigenvalue weighted by molar-refractivity contribution is 0.124. The van der Waals surface area contributed by atoms with E-state index in [1.165, 1.54) is 11.3 Å². The fourth-order valence-electron chi connectivity index (χ4n) is 4.40. The summed E-state index contributed by atoms with van der Waals surface area (Å²) in [7, 11) is 0. The highest BCUT2D eigenvalue weighted by atomic mass is 35.5. The van der Waals surface area contributed by atoms with Gasteiger partial charge in [-0.2, -0.15) is 0 Å². The molecular formula is C22H25Cl2N3O2. The van der Waals surface area contributed by atoms with Crippen LogP contribution in [0.2, 0.25) is 10.0 Å². The minimum Gasteiger partial charge on any atom is -0.465 e. The Bertz CT molecular complexity index is 879. The summed E-state index contributed by atoms with van der Waals surface area (Å²) in [5, 5.41) is 14.4. The van der Waals surface area contributed by atoms with E-state index in [-0.39, 0.29) is 6.04 Å². The average Bonchev–Trinajstić information content (AvgIpc) is 3.11. The number of amides is 1. The van der Waals surface area contributed by atoms with Gasteiger partial charge in [0.2, 0.25) is 0 Å². The Morgan fingerprint density at radius 3 is 2.55 bits per heavy atom. The molecule has 2 aliphatic rings. The van der Waals surface area contributed by atoms with Gasteiger partial charge in [-0.15, -0.1) is 0 Å². The predicted octanol–water partition coefficient (Wildman–Crippen LogP) is 4.61. The number of nitrogens with one attached hydrogen (secondary N) is 1. The monoisotopic (exact) mass is 433 g/mol. The Kier molecular flexibility index (Phi) is 6.18. The lowest BCUT2D eigenvalue weighted by Gasteiger charge is -2.31. The van der Waals surface area contributed by atoms with Crippen LogP contribution in [0, 0.1) is 0 Å². The summed E-state index contributed by atoms with van der Waals surface area (Å²) in [4.78, 5) is 16.0. The third-order valence-electron chi connectivity index (χ3n) is 5.84. The number of carboxylic acid groups (broad SMARTS) is 1. The van der Waals surface area contributed by atoms with E-state index in [1.807, 2.05) is 12.1 Å². The zero-order valence-corrected chi connectivity index (χ0v) is 17.7. The molecule has 2 aromatic carbocycles. The molecule has 1 aliphatic heterocycles. The van der Waals surface area contributed by atoms with E-state index < -0.39 is 6.09 Å². The highest BCUT2D eigenvalue weighted by molar-refractivity contribution is 6.34. The quantitative estimate of drug-likeness (QED) is 0.722. The summed E-state index contributed by atoms with van der Waals surface area (Å²) in [5.74, 6) is 0.